The van der Waals surface area contributed by atoms with E-state index in [0.717, 1.165) is 0 Å². The maximum atomic E-state index is 11.5. The largest absolute Gasteiger partial charge is 0.241 e. The van der Waals surface area contributed by atoms with Crippen molar-refractivity contribution in [1.82, 2.24) is 4.72 Å². The number of hydrogen-bond donors (Lipinski definition) is 1. The molecule has 4 nitrogen and oxygen atoms in total. The van der Waals surface area contributed by atoms with Gasteiger partial charge in [0, 0.05) is 0 Å². The minimum Gasteiger partial charge on any atom is -0.207 e. The van der Waals surface area contributed by atoms with E-state index in [-0.39, 0.29) is 4.90 Å². The summed E-state index contributed by atoms with van der Waals surface area (Å²) in [4.78, 5) is 0.169. The molecule has 5 heteroatoms. The molecule has 1 aromatic rings. The van der Waals surface area contributed by atoms with E-state index in [0.29, 0.717) is 0 Å². The van der Waals surface area contributed by atoms with Gasteiger partial charge in [-0.05, 0) is 19.1 Å². The molecule has 1 atom stereocenters. The lowest BCUT2D eigenvalue weighted by Crippen LogP contribution is -2.31. The second-order valence-electron chi connectivity index (χ2n) is 2.79. The Morgan fingerprint density at radius 3 is 2.43 bits per heavy atom. The molecule has 0 radical (unpaired) electrons. The topological polar surface area (TPSA) is 70.0 Å². The molecule has 0 amide bonds. The van der Waals surface area contributed by atoms with Gasteiger partial charge < -0.3 is 0 Å². The fraction of sp³-hybridized carbons (Fsp3) is 0.222. The molecule has 0 bridgehead atoms. The predicted octanol–water partition coefficient (Wildman–Crippen LogP) is 0.877. The third kappa shape index (κ3) is 2.55. The quantitative estimate of drug-likeness (QED) is 0.805. The van der Waals surface area contributed by atoms with Gasteiger partial charge in [0.1, 0.15) is 6.04 Å². The van der Waals surface area contributed by atoms with Crippen LogP contribution in [0.3, 0.4) is 0 Å². The Morgan fingerprint density at radius 1 is 1.36 bits per heavy atom. The second kappa shape index (κ2) is 4.22. The van der Waals surface area contributed by atoms with Crippen LogP contribution in [0.2, 0.25) is 0 Å². The van der Waals surface area contributed by atoms with E-state index in [1.54, 1.807) is 24.3 Å². The summed E-state index contributed by atoms with van der Waals surface area (Å²) in [5.41, 5.74) is 0. The molecular formula is C9H10N2O2S. The van der Waals surface area contributed by atoms with Gasteiger partial charge in [-0.2, -0.15) is 9.98 Å². The zero-order valence-electron chi connectivity index (χ0n) is 7.64. The van der Waals surface area contributed by atoms with Crippen molar-refractivity contribution in [1.29, 1.82) is 5.26 Å². The maximum absolute atomic E-state index is 11.5. The molecule has 74 valence electrons. The molecule has 1 aromatic carbocycles. The van der Waals surface area contributed by atoms with Gasteiger partial charge in [0.2, 0.25) is 10.0 Å². The molecule has 0 aliphatic heterocycles. The summed E-state index contributed by atoms with van der Waals surface area (Å²) in [5, 5.41) is 8.47. The van der Waals surface area contributed by atoms with Gasteiger partial charge in [0.25, 0.3) is 0 Å². The summed E-state index contributed by atoms with van der Waals surface area (Å²) in [6.45, 7) is 1.49. The lowest BCUT2D eigenvalue weighted by atomic mass is 10.4. The van der Waals surface area contributed by atoms with Crippen molar-refractivity contribution in [2.45, 2.75) is 17.9 Å². The molecule has 0 aliphatic rings. The highest BCUT2D eigenvalue weighted by Gasteiger charge is 2.15. The molecule has 0 unspecified atom stereocenters. The Hall–Kier alpha value is -1.38. The number of benzene rings is 1. The summed E-state index contributed by atoms with van der Waals surface area (Å²) < 4.78 is 25.3. The second-order valence-corrected chi connectivity index (χ2v) is 4.50. The average molecular weight is 210 g/mol. The molecule has 0 heterocycles. The third-order valence-corrected chi connectivity index (χ3v) is 3.14. The van der Waals surface area contributed by atoms with Gasteiger partial charge >= 0.3 is 0 Å². The molecule has 0 aromatic heterocycles. The number of rotatable bonds is 3. The first kappa shape index (κ1) is 10.7. The van der Waals surface area contributed by atoms with E-state index in [2.05, 4.69) is 4.72 Å². The van der Waals surface area contributed by atoms with E-state index in [1.165, 1.54) is 19.1 Å². The molecule has 0 saturated carbocycles. The lowest BCUT2D eigenvalue weighted by molar-refractivity contribution is 0.577. The summed E-state index contributed by atoms with van der Waals surface area (Å²) >= 11 is 0. The molecule has 14 heavy (non-hydrogen) atoms. The number of sulfonamides is 1. The zero-order chi connectivity index (χ0) is 10.6. The summed E-state index contributed by atoms with van der Waals surface area (Å²) in [6, 6.07) is 9.03. The van der Waals surface area contributed by atoms with Crippen molar-refractivity contribution in [3.8, 4) is 6.07 Å². The highest BCUT2D eigenvalue weighted by Crippen LogP contribution is 2.07. The number of nitriles is 1. The van der Waals surface area contributed by atoms with Crippen LogP contribution in [0.1, 0.15) is 6.92 Å². The minimum atomic E-state index is -3.54. The fourth-order valence-electron chi connectivity index (χ4n) is 0.927. The normalized spacial score (nSPS) is 13.1. The van der Waals surface area contributed by atoms with Crippen molar-refractivity contribution < 1.29 is 8.42 Å². The zero-order valence-corrected chi connectivity index (χ0v) is 8.45. The summed E-state index contributed by atoms with van der Waals surface area (Å²) in [5.74, 6) is 0. The van der Waals surface area contributed by atoms with Gasteiger partial charge in [0.05, 0.1) is 11.0 Å². The Labute approximate surface area is 83.2 Å². The monoisotopic (exact) mass is 210 g/mol. The van der Waals surface area contributed by atoms with Crippen LogP contribution >= 0.6 is 0 Å². The average Bonchev–Trinajstić information content (AvgIpc) is 2.18. The van der Waals surface area contributed by atoms with Gasteiger partial charge in [-0.3, -0.25) is 0 Å². The van der Waals surface area contributed by atoms with Gasteiger partial charge in [0.15, 0.2) is 0 Å². The molecule has 0 fully saturated rings. The van der Waals surface area contributed by atoms with E-state index in [9.17, 15) is 8.42 Å². The molecular weight excluding hydrogens is 200 g/mol. The Bertz CT molecular complexity index is 434. The standard InChI is InChI=1S/C9H10N2O2S/c1-8(7-10)11-14(12,13)9-5-3-2-4-6-9/h2-6,8,11H,1H3/t8-/m1/s1. The first-order valence-electron chi connectivity index (χ1n) is 4.03. The molecule has 1 N–H and O–H groups in total. The van der Waals surface area contributed by atoms with Crippen LogP contribution in [0, 0.1) is 11.3 Å². The number of nitrogens with zero attached hydrogens (tertiary/aromatic N) is 1. The van der Waals surface area contributed by atoms with Crippen LogP contribution in [-0.2, 0) is 10.0 Å². The Morgan fingerprint density at radius 2 is 1.93 bits per heavy atom. The van der Waals surface area contributed by atoms with Crippen LogP contribution in [0.15, 0.2) is 35.2 Å². The van der Waals surface area contributed by atoms with Gasteiger partial charge in [-0.25, -0.2) is 8.42 Å². The molecule has 0 aliphatic carbocycles. The maximum Gasteiger partial charge on any atom is 0.241 e. The van der Waals surface area contributed by atoms with E-state index in [1.807, 2.05) is 0 Å². The van der Waals surface area contributed by atoms with Gasteiger partial charge in [-0.1, -0.05) is 18.2 Å². The SMILES string of the molecule is C[C@H](C#N)NS(=O)(=O)c1ccccc1. The van der Waals surface area contributed by atoms with Crippen LogP contribution in [-0.4, -0.2) is 14.5 Å². The summed E-state index contributed by atoms with van der Waals surface area (Å²) in [6.07, 6.45) is 0. The van der Waals surface area contributed by atoms with Crippen molar-refractivity contribution >= 4 is 10.0 Å². The van der Waals surface area contributed by atoms with Crippen molar-refractivity contribution in [3.63, 3.8) is 0 Å². The van der Waals surface area contributed by atoms with Gasteiger partial charge in [-0.15, -0.1) is 0 Å². The molecule has 0 spiro atoms. The number of nitrogens with one attached hydrogen (secondary N) is 1. The molecule has 1 rings (SSSR count). The van der Waals surface area contributed by atoms with Crippen LogP contribution in [0.4, 0.5) is 0 Å². The van der Waals surface area contributed by atoms with E-state index >= 15 is 0 Å². The van der Waals surface area contributed by atoms with Crippen LogP contribution < -0.4 is 4.72 Å². The molecule has 0 saturated heterocycles. The van der Waals surface area contributed by atoms with E-state index < -0.39 is 16.1 Å². The summed E-state index contributed by atoms with van der Waals surface area (Å²) in [7, 11) is -3.54. The highest BCUT2D eigenvalue weighted by molar-refractivity contribution is 7.89. The smallest absolute Gasteiger partial charge is 0.207 e. The van der Waals surface area contributed by atoms with Crippen LogP contribution in [0.5, 0.6) is 0 Å². The first-order chi connectivity index (χ1) is 6.56. The Kier molecular flexibility index (Phi) is 3.23. The number of hydrogen-bond acceptors (Lipinski definition) is 3. The van der Waals surface area contributed by atoms with Crippen LogP contribution in [0.25, 0.3) is 0 Å². The third-order valence-electron chi connectivity index (χ3n) is 1.58. The van der Waals surface area contributed by atoms with Crippen molar-refractivity contribution in [2.24, 2.45) is 0 Å². The Balaban J connectivity index is 2.94. The minimum absolute atomic E-state index is 0.169. The first-order valence-corrected chi connectivity index (χ1v) is 5.51. The predicted molar refractivity (Wildman–Crippen MR) is 51.8 cm³/mol. The highest BCUT2D eigenvalue weighted by atomic mass is 32.2. The van der Waals surface area contributed by atoms with Crippen molar-refractivity contribution in [3.05, 3.63) is 30.3 Å². The van der Waals surface area contributed by atoms with E-state index in [4.69, 9.17) is 5.26 Å². The van der Waals surface area contributed by atoms with Crippen molar-refractivity contribution in [2.75, 3.05) is 0 Å². The lowest BCUT2D eigenvalue weighted by Gasteiger charge is -2.06. The fourth-order valence-corrected chi connectivity index (χ4v) is 2.10.